The van der Waals surface area contributed by atoms with Crippen LogP contribution in [0.5, 0.6) is 5.88 Å². The van der Waals surface area contributed by atoms with Gasteiger partial charge < -0.3 is 10.2 Å². The van der Waals surface area contributed by atoms with E-state index in [1.165, 1.54) is 0 Å². The Morgan fingerprint density at radius 2 is 1.96 bits per heavy atom. The predicted octanol–water partition coefficient (Wildman–Crippen LogP) is 0.872. The van der Waals surface area contributed by atoms with Crippen molar-refractivity contribution in [1.29, 1.82) is 0 Å². The van der Waals surface area contributed by atoms with E-state index in [0.29, 0.717) is 25.1 Å². The minimum absolute atomic E-state index is 0.00363. The standard InChI is InChI=1S/C17H21N3O4/c1-2-13(18-9-6-10-21)14-15(22)19-17(24)20(16(14)23)11-12-7-4-3-5-8-12/h3-5,7-8,21,23H,2,6,9-11H2,1H3,(H,19,22,24). The van der Waals surface area contributed by atoms with E-state index in [0.717, 1.165) is 10.1 Å². The van der Waals surface area contributed by atoms with E-state index in [4.69, 9.17) is 5.11 Å². The first-order valence-corrected chi connectivity index (χ1v) is 7.83. The zero-order valence-corrected chi connectivity index (χ0v) is 13.5. The Morgan fingerprint density at radius 1 is 1.25 bits per heavy atom. The minimum Gasteiger partial charge on any atom is -0.494 e. The van der Waals surface area contributed by atoms with Crippen molar-refractivity contribution in [3.05, 3.63) is 62.3 Å². The zero-order chi connectivity index (χ0) is 17.5. The van der Waals surface area contributed by atoms with E-state index < -0.39 is 17.1 Å². The SMILES string of the molecule is CCC(=NCCCO)c1c(O)n(Cc2ccccc2)c(=O)[nH]c1=O. The van der Waals surface area contributed by atoms with Crippen LogP contribution in [0.25, 0.3) is 0 Å². The summed E-state index contributed by atoms with van der Waals surface area (Å²) in [5.41, 5.74) is -0.0968. The lowest BCUT2D eigenvalue weighted by molar-refractivity contribution is 0.291. The van der Waals surface area contributed by atoms with Crippen LogP contribution in [0.3, 0.4) is 0 Å². The monoisotopic (exact) mass is 331 g/mol. The molecule has 128 valence electrons. The quantitative estimate of drug-likeness (QED) is 0.517. The number of hydrogen-bond acceptors (Lipinski definition) is 5. The first-order chi connectivity index (χ1) is 11.6. The van der Waals surface area contributed by atoms with E-state index in [2.05, 4.69) is 9.98 Å². The van der Waals surface area contributed by atoms with Gasteiger partial charge in [-0.15, -0.1) is 0 Å². The fourth-order valence-electron chi connectivity index (χ4n) is 2.38. The van der Waals surface area contributed by atoms with Crippen LogP contribution in [-0.2, 0) is 6.54 Å². The Bertz CT molecular complexity index is 822. The summed E-state index contributed by atoms with van der Waals surface area (Å²) < 4.78 is 1.11. The van der Waals surface area contributed by atoms with Gasteiger partial charge in [-0.2, -0.15) is 0 Å². The first-order valence-electron chi connectivity index (χ1n) is 7.83. The molecule has 3 N–H and O–H groups in total. The lowest BCUT2D eigenvalue weighted by atomic mass is 10.1. The summed E-state index contributed by atoms with van der Waals surface area (Å²) in [5, 5.41) is 19.3. The van der Waals surface area contributed by atoms with Gasteiger partial charge in [-0.05, 0) is 18.4 Å². The topological polar surface area (TPSA) is 108 Å². The molecule has 0 bridgehead atoms. The largest absolute Gasteiger partial charge is 0.494 e. The minimum atomic E-state index is -0.670. The highest BCUT2D eigenvalue weighted by atomic mass is 16.3. The second kappa shape index (κ2) is 8.26. The van der Waals surface area contributed by atoms with Gasteiger partial charge in [0, 0.05) is 13.2 Å². The summed E-state index contributed by atoms with van der Waals surface area (Å²) in [6.45, 7) is 2.29. The van der Waals surface area contributed by atoms with Gasteiger partial charge in [-0.25, -0.2) is 4.79 Å². The van der Waals surface area contributed by atoms with E-state index in [1.807, 2.05) is 37.3 Å². The molecule has 0 aliphatic carbocycles. The van der Waals surface area contributed by atoms with E-state index >= 15 is 0 Å². The Labute approximate surface area is 138 Å². The third kappa shape index (κ3) is 3.99. The molecule has 2 aromatic rings. The number of nitrogens with zero attached hydrogens (tertiary/aromatic N) is 2. The first kappa shape index (κ1) is 17.7. The number of aliphatic imine (C=N–C) groups is 1. The number of benzene rings is 1. The summed E-state index contributed by atoms with van der Waals surface area (Å²) in [5.74, 6) is -0.391. The van der Waals surface area contributed by atoms with Gasteiger partial charge in [-0.3, -0.25) is 19.3 Å². The molecule has 0 fully saturated rings. The van der Waals surface area contributed by atoms with Crippen molar-refractivity contribution in [3.8, 4) is 5.88 Å². The number of aromatic hydroxyl groups is 1. The number of aliphatic hydroxyl groups is 1. The third-order valence-corrected chi connectivity index (χ3v) is 3.60. The smallest absolute Gasteiger partial charge is 0.331 e. The van der Waals surface area contributed by atoms with Crippen LogP contribution in [-0.4, -0.2) is 38.6 Å². The van der Waals surface area contributed by atoms with Gasteiger partial charge in [0.05, 0.1) is 12.3 Å². The van der Waals surface area contributed by atoms with Gasteiger partial charge in [0.2, 0.25) is 5.88 Å². The fourth-order valence-corrected chi connectivity index (χ4v) is 2.38. The van der Waals surface area contributed by atoms with Crippen molar-refractivity contribution in [1.82, 2.24) is 9.55 Å². The molecule has 24 heavy (non-hydrogen) atoms. The number of hydrogen-bond donors (Lipinski definition) is 3. The summed E-state index contributed by atoms with van der Waals surface area (Å²) >= 11 is 0. The van der Waals surface area contributed by atoms with Gasteiger partial charge in [0.1, 0.15) is 5.56 Å². The molecule has 1 aromatic carbocycles. The molecule has 0 spiro atoms. The second-order valence-corrected chi connectivity index (χ2v) is 5.29. The molecular weight excluding hydrogens is 310 g/mol. The lowest BCUT2D eigenvalue weighted by Crippen LogP contribution is -2.34. The Balaban J connectivity index is 2.49. The summed E-state index contributed by atoms with van der Waals surface area (Å²) in [6, 6.07) is 9.17. The highest BCUT2D eigenvalue weighted by Gasteiger charge is 2.18. The van der Waals surface area contributed by atoms with Gasteiger partial charge in [0.15, 0.2) is 0 Å². The molecule has 0 aliphatic heterocycles. The van der Waals surface area contributed by atoms with Crippen LogP contribution in [0.4, 0.5) is 0 Å². The van der Waals surface area contributed by atoms with Gasteiger partial charge in [0.25, 0.3) is 5.56 Å². The Kier molecular flexibility index (Phi) is 6.08. The molecule has 1 aromatic heterocycles. The van der Waals surface area contributed by atoms with Crippen molar-refractivity contribution in [2.75, 3.05) is 13.2 Å². The maximum atomic E-state index is 12.1. The van der Waals surface area contributed by atoms with Gasteiger partial charge >= 0.3 is 5.69 Å². The van der Waals surface area contributed by atoms with E-state index in [1.54, 1.807) is 0 Å². The molecule has 1 heterocycles. The second-order valence-electron chi connectivity index (χ2n) is 5.29. The zero-order valence-electron chi connectivity index (χ0n) is 13.5. The summed E-state index contributed by atoms with van der Waals surface area (Å²) in [6.07, 6.45) is 0.886. The number of aromatic nitrogens is 2. The average Bonchev–Trinajstić information content (AvgIpc) is 2.58. The average molecular weight is 331 g/mol. The van der Waals surface area contributed by atoms with Gasteiger partial charge in [-0.1, -0.05) is 37.3 Å². The molecule has 0 unspecified atom stereocenters. The number of H-pyrrole nitrogens is 1. The maximum absolute atomic E-state index is 12.1. The number of rotatable bonds is 7. The van der Waals surface area contributed by atoms with Crippen LogP contribution < -0.4 is 11.2 Å². The summed E-state index contributed by atoms with van der Waals surface area (Å²) in [7, 11) is 0. The fraction of sp³-hybridized carbons (Fsp3) is 0.353. The van der Waals surface area contributed by atoms with E-state index in [9.17, 15) is 14.7 Å². The van der Waals surface area contributed by atoms with Crippen LogP contribution in [0.2, 0.25) is 0 Å². The van der Waals surface area contributed by atoms with Crippen LogP contribution in [0.1, 0.15) is 30.9 Å². The molecular formula is C17H21N3O4. The molecule has 7 nitrogen and oxygen atoms in total. The Hall–Kier alpha value is -2.67. The molecule has 0 atom stereocenters. The maximum Gasteiger partial charge on any atom is 0.331 e. The lowest BCUT2D eigenvalue weighted by Gasteiger charge is -2.12. The molecule has 0 saturated carbocycles. The van der Waals surface area contributed by atoms with Crippen molar-refractivity contribution >= 4 is 5.71 Å². The Morgan fingerprint density at radius 3 is 2.58 bits per heavy atom. The molecule has 7 heteroatoms. The summed E-state index contributed by atoms with van der Waals surface area (Å²) in [4.78, 5) is 30.7. The number of aliphatic hydroxyl groups excluding tert-OH is 1. The van der Waals surface area contributed by atoms with Crippen LogP contribution in [0.15, 0.2) is 44.9 Å². The normalized spacial score (nSPS) is 11.7. The molecule has 2 rings (SSSR count). The van der Waals surface area contributed by atoms with Crippen LogP contribution >= 0.6 is 0 Å². The highest BCUT2D eigenvalue weighted by molar-refractivity contribution is 6.01. The highest BCUT2D eigenvalue weighted by Crippen LogP contribution is 2.15. The van der Waals surface area contributed by atoms with Crippen molar-refractivity contribution in [2.45, 2.75) is 26.3 Å². The molecule has 0 aliphatic rings. The third-order valence-electron chi connectivity index (χ3n) is 3.60. The molecule has 0 amide bonds. The van der Waals surface area contributed by atoms with Crippen molar-refractivity contribution in [2.24, 2.45) is 4.99 Å². The molecule has 0 saturated heterocycles. The molecule has 0 radical (unpaired) electrons. The number of aromatic amines is 1. The predicted molar refractivity (Wildman–Crippen MR) is 91.9 cm³/mol. The van der Waals surface area contributed by atoms with Crippen LogP contribution in [0, 0.1) is 0 Å². The van der Waals surface area contributed by atoms with Crippen molar-refractivity contribution in [3.63, 3.8) is 0 Å². The van der Waals surface area contributed by atoms with Crippen molar-refractivity contribution < 1.29 is 10.2 Å². The van der Waals surface area contributed by atoms with E-state index in [-0.39, 0.29) is 18.7 Å². The number of nitrogens with one attached hydrogen (secondary N) is 1.